The topological polar surface area (TPSA) is 34.5 Å². The Bertz CT molecular complexity index is 500. The predicted molar refractivity (Wildman–Crippen MR) is 75.8 cm³/mol. The normalized spacial score (nSPS) is 11.4. The van der Waals surface area contributed by atoms with E-state index in [-0.39, 0.29) is 0 Å². The molecule has 3 nitrogen and oxygen atoms in total. The van der Waals surface area contributed by atoms with E-state index < -0.39 is 0 Å². The molecule has 0 fully saturated rings. The molecule has 1 heterocycles. The maximum atomic E-state index is 4.92. The van der Waals surface area contributed by atoms with Gasteiger partial charge in [0.05, 0.1) is 0 Å². The smallest absolute Gasteiger partial charge is 0.118 e. The first-order chi connectivity index (χ1) is 8.70. The van der Waals surface area contributed by atoms with Crippen molar-refractivity contribution in [2.75, 3.05) is 7.11 Å². The van der Waals surface area contributed by atoms with E-state index in [1.807, 2.05) is 36.4 Å². The van der Waals surface area contributed by atoms with Crippen LogP contribution in [0.1, 0.15) is 16.7 Å². The molecule has 92 valence electrons. The van der Waals surface area contributed by atoms with Gasteiger partial charge in [-0.15, -0.1) is 0 Å². The van der Waals surface area contributed by atoms with E-state index in [2.05, 4.69) is 33.0 Å². The number of pyridine rings is 1. The van der Waals surface area contributed by atoms with Crippen LogP contribution in [0.3, 0.4) is 0 Å². The summed E-state index contributed by atoms with van der Waals surface area (Å²) in [5.41, 5.74) is 3.91. The van der Waals surface area contributed by atoms with Crippen molar-refractivity contribution in [3.63, 3.8) is 0 Å². The van der Waals surface area contributed by atoms with Crippen LogP contribution in [0, 0.1) is 6.92 Å². The Labute approximate surface area is 115 Å². The molecule has 0 amide bonds. The number of benzene rings is 1. The zero-order chi connectivity index (χ0) is 13.0. The zero-order valence-corrected chi connectivity index (χ0v) is 11.8. The summed E-state index contributed by atoms with van der Waals surface area (Å²) >= 11 is 3.32. The van der Waals surface area contributed by atoms with Gasteiger partial charge in [-0.05, 0) is 35.0 Å². The van der Waals surface area contributed by atoms with Crippen LogP contribution in [-0.2, 0) is 4.84 Å². The summed E-state index contributed by atoms with van der Waals surface area (Å²) in [6.45, 7) is 2.05. The van der Waals surface area contributed by atoms with Gasteiger partial charge in [0.2, 0.25) is 0 Å². The molecule has 0 saturated heterocycles. The van der Waals surface area contributed by atoms with Gasteiger partial charge in [-0.25, -0.2) is 4.98 Å². The average molecular weight is 305 g/mol. The highest BCUT2D eigenvalue weighted by molar-refractivity contribution is 9.10. The third-order valence-electron chi connectivity index (χ3n) is 2.51. The van der Waals surface area contributed by atoms with Gasteiger partial charge in [-0.2, -0.15) is 0 Å². The molecule has 0 aliphatic rings. The van der Waals surface area contributed by atoms with Crippen LogP contribution < -0.4 is 0 Å². The Balaban J connectivity index is 2.43. The van der Waals surface area contributed by atoms with E-state index in [9.17, 15) is 0 Å². The van der Waals surface area contributed by atoms with E-state index in [0.717, 1.165) is 21.4 Å². The molecule has 2 rings (SSSR count). The zero-order valence-electron chi connectivity index (χ0n) is 10.2. The molecule has 0 aliphatic carbocycles. The van der Waals surface area contributed by atoms with E-state index >= 15 is 0 Å². The SMILES string of the molecule is CON=C(c1ccc(C)cc1)c1ccc(Br)nc1. The number of halogens is 1. The molecule has 0 N–H and O–H groups in total. The molecule has 0 bridgehead atoms. The molecule has 0 aliphatic heterocycles. The van der Waals surface area contributed by atoms with Gasteiger partial charge < -0.3 is 4.84 Å². The lowest BCUT2D eigenvalue weighted by atomic mass is 10.0. The fourth-order valence-corrected chi connectivity index (χ4v) is 1.83. The van der Waals surface area contributed by atoms with Crippen LogP contribution in [0.5, 0.6) is 0 Å². The Morgan fingerprint density at radius 2 is 1.78 bits per heavy atom. The van der Waals surface area contributed by atoms with E-state index in [0.29, 0.717) is 0 Å². The minimum atomic E-state index is 0.775. The second-order valence-electron chi connectivity index (χ2n) is 3.86. The van der Waals surface area contributed by atoms with Crippen LogP contribution in [0.4, 0.5) is 0 Å². The highest BCUT2D eigenvalue weighted by Gasteiger charge is 2.08. The number of aromatic nitrogens is 1. The Morgan fingerprint density at radius 3 is 2.33 bits per heavy atom. The molecule has 2 aromatic rings. The molecule has 18 heavy (non-hydrogen) atoms. The van der Waals surface area contributed by atoms with Crippen LogP contribution in [-0.4, -0.2) is 17.8 Å². The Morgan fingerprint density at radius 1 is 1.11 bits per heavy atom. The molecule has 0 radical (unpaired) electrons. The number of hydrogen-bond donors (Lipinski definition) is 0. The van der Waals surface area contributed by atoms with E-state index in [4.69, 9.17) is 4.84 Å². The lowest BCUT2D eigenvalue weighted by Gasteiger charge is -2.06. The Hall–Kier alpha value is -1.68. The summed E-state index contributed by atoms with van der Waals surface area (Å²) in [5.74, 6) is 0. The van der Waals surface area contributed by atoms with Crippen molar-refractivity contribution >= 4 is 21.6 Å². The number of rotatable bonds is 3. The van der Waals surface area contributed by atoms with E-state index in [1.165, 1.54) is 5.56 Å². The predicted octanol–water partition coefficient (Wildman–Crippen LogP) is 3.55. The fourth-order valence-electron chi connectivity index (χ4n) is 1.59. The lowest BCUT2D eigenvalue weighted by Crippen LogP contribution is -2.04. The summed E-state index contributed by atoms with van der Waals surface area (Å²) in [6.07, 6.45) is 1.77. The summed E-state index contributed by atoms with van der Waals surface area (Å²) in [4.78, 5) is 9.13. The van der Waals surface area contributed by atoms with Crippen molar-refractivity contribution in [3.8, 4) is 0 Å². The second kappa shape index (κ2) is 5.78. The van der Waals surface area contributed by atoms with Gasteiger partial charge >= 0.3 is 0 Å². The molecule has 0 atom stereocenters. The van der Waals surface area contributed by atoms with Crippen LogP contribution in [0.2, 0.25) is 0 Å². The van der Waals surface area contributed by atoms with Crippen molar-refractivity contribution < 1.29 is 4.84 Å². The summed E-state index contributed by atoms with van der Waals surface area (Å²) in [5, 5.41) is 4.09. The minimum Gasteiger partial charge on any atom is -0.399 e. The quantitative estimate of drug-likeness (QED) is 0.494. The third-order valence-corrected chi connectivity index (χ3v) is 2.98. The standard InChI is InChI=1S/C14H13BrN2O/c1-10-3-5-11(6-4-10)14(17-18-2)12-7-8-13(15)16-9-12/h3-9H,1-2H3. The van der Waals surface area contributed by atoms with Gasteiger partial charge in [0.25, 0.3) is 0 Å². The maximum Gasteiger partial charge on any atom is 0.118 e. The van der Waals surface area contributed by atoms with Crippen molar-refractivity contribution in [1.29, 1.82) is 0 Å². The van der Waals surface area contributed by atoms with Gasteiger partial charge in [0.15, 0.2) is 0 Å². The number of aryl methyl sites for hydroxylation is 1. The maximum absolute atomic E-state index is 4.92. The molecule has 1 aromatic carbocycles. The van der Waals surface area contributed by atoms with Crippen LogP contribution in [0.25, 0.3) is 0 Å². The average Bonchev–Trinajstić information content (AvgIpc) is 2.39. The van der Waals surface area contributed by atoms with Crippen LogP contribution in [0.15, 0.2) is 52.4 Å². The third kappa shape index (κ3) is 2.96. The molecular weight excluding hydrogens is 292 g/mol. The summed E-state index contributed by atoms with van der Waals surface area (Å²) < 4.78 is 0.798. The van der Waals surface area contributed by atoms with Crippen molar-refractivity contribution in [3.05, 3.63) is 63.9 Å². The molecule has 0 spiro atoms. The second-order valence-corrected chi connectivity index (χ2v) is 4.67. The van der Waals surface area contributed by atoms with Crippen molar-refractivity contribution in [2.24, 2.45) is 5.16 Å². The van der Waals surface area contributed by atoms with Gasteiger partial charge in [0, 0.05) is 17.3 Å². The monoisotopic (exact) mass is 304 g/mol. The van der Waals surface area contributed by atoms with Gasteiger partial charge in [-0.1, -0.05) is 35.0 Å². The molecule has 4 heteroatoms. The van der Waals surface area contributed by atoms with E-state index in [1.54, 1.807) is 13.3 Å². The number of hydrogen-bond acceptors (Lipinski definition) is 3. The Kier molecular flexibility index (Phi) is 4.10. The largest absolute Gasteiger partial charge is 0.399 e. The highest BCUT2D eigenvalue weighted by Crippen LogP contribution is 2.14. The first-order valence-corrected chi connectivity index (χ1v) is 6.30. The molecule has 0 saturated carbocycles. The van der Waals surface area contributed by atoms with Gasteiger partial charge in [0.1, 0.15) is 17.4 Å². The first-order valence-electron chi connectivity index (χ1n) is 5.51. The first kappa shape index (κ1) is 12.8. The van der Waals surface area contributed by atoms with Crippen molar-refractivity contribution in [1.82, 2.24) is 4.98 Å². The number of oxime groups is 1. The fraction of sp³-hybridized carbons (Fsp3) is 0.143. The molecule has 0 unspecified atom stereocenters. The summed E-state index contributed by atoms with van der Waals surface area (Å²) in [6, 6.07) is 12.0. The summed E-state index contributed by atoms with van der Waals surface area (Å²) in [7, 11) is 1.54. The van der Waals surface area contributed by atoms with Crippen molar-refractivity contribution in [2.45, 2.75) is 6.92 Å². The minimum absolute atomic E-state index is 0.775. The molecule has 1 aromatic heterocycles. The van der Waals surface area contributed by atoms with Gasteiger partial charge in [-0.3, -0.25) is 0 Å². The lowest BCUT2D eigenvalue weighted by molar-refractivity contribution is 0.214. The molecular formula is C14H13BrN2O. The number of nitrogens with zero attached hydrogens (tertiary/aromatic N) is 2. The van der Waals surface area contributed by atoms with Crippen LogP contribution >= 0.6 is 15.9 Å². The highest BCUT2D eigenvalue weighted by atomic mass is 79.9.